The zero-order chi connectivity index (χ0) is 22.8. The van der Waals surface area contributed by atoms with E-state index in [0.29, 0.717) is 16.3 Å². The number of aromatic nitrogens is 2. The lowest BCUT2D eigenvalue weighted by molar-refractivity contribution is -0.0399. The molecule has 0 saturated heterocycles. The standard InChI is InChI=1S/C22H24ClF2N3O3/c1-21(2,3)31-20(30)18-17(19(29)27-15-8-10-22(24,25)11-9-15)28-16(12-26-18)13-4-6-14(23)7-5-13/h4-7,12,15H,8-11H2,1-3H3,(H,27,29). The Labute approximate surface area is 184 Å². The summed E-state index contributed by atoms with van der Waals surface area (Å²) in [5, 5.41) is 3.25. The number of nitrogens with zero attached hydrogens (tertiary/aromatic N) is 2. The lowest BCUT2D eigenvalue weighted by Gasteiger charge is -2.28. The van der Waals surface area contributed by atoms with Crippen LogP contribution in [0.3, 0.4) is 0 Å². The maximum Gasteiger partial charge on any atom is 0.359 e. The fourth-order valence-corrected chi connectivity index (χ4v) is 3.35. The first kappa shape index (κ1) is 23.1. The van der Waals surface area contributed by atoms with Crippen LogP contribution in [-0.4, -0.2) is 39.4 Å². The molecule has 0 atom stereocenters. The van der Waals surface area contributed by atoms with Crippen LogP contribution in [0, 0.1) is 0 Å². The van der Waals surface area contributed by atoms with Gasteiger partial charge in [0.25, 0.3) is 5.91 Å². The number of amides is 1. The quantitative estimate of drug-likeness (QED) is 0.657. The second kappa shape index (κ2) is 8.86. The zero-order valence-corrected chi connectivity index (χ0v) is 18.3. The minimum absolute atomic E-state index is 0.144. The number of benzene rings is 1. The van der Waals surface area contributed by atoms with E-state index in [9.17, 15) is 18.4 Å². The minimum atomic E-state index is -2.71. The van der Waals surface area contributed by atoms with Crippen molar-refractivity contribution < 1.29 is 23.1 Å². The van der Waals surface area contributed by atoms with Crippen LogP contribution in [0.4, 0.5) is 8.78 Å². The van der Waals surface area contributed by atoms with Crippen LogP contribution in [0.25, 0.3) is 11.3 Å². The molecule has 1 N–H and O–H groups in total. The first-order chi connectivity index (χ1) is 14.4. The Hall–Kier alpha value is -2.61. The highest BCUT2D eigenvalue weighted by Gasteiger charge is 2.36. The van der Waals surface area contributed by atoms with E-state index in [-0.39, 0.29) is 37.1 Å². The monoisotopic (exact) mass is 451 g/mol. The molecular formula is C22H24ClF2N3O3. The number of ether oxygens (including phenoxy) is 1. The molecule has 3 rings (SSSR count). The van der Waals surface area contributed by atoms with E-state index in [0.717, 1.165) is 0 Å². The Morgan fingerprint density at radius 2 is 1.74 bits per heavy atom. The van der Waals surface area contributed by atoms with Gasteiger partial charge in [-0.25, -0.2) is 23.5 Å². The molecule has 0 aliphatic heterocycles. The van der Waals surface area contributed by atoms with Gasteiger partial charge in [0.15, 0.2) is 11.4 Å². The summed E-state index contributed by atoms with van der Waals surface area (Å²) in [6, 6.07) is 6.33. The number of rotatable bonds is 4. The maximum atomic E-state index is 13.4. The van der Waals surface area contributed by atoms with Gasteiger partial charge < -0.3 is 10.1 Å². The van der Waals surface area contributed by atoms with Crippen LogP contribution < -0.4 is 5.32 Å². The highest BCUT2D eigenvalue weighted by molar-refractivity contribution is 6.30. The minimum Gasteiger partial charge on any atom is -0.455 e. The van der Waals surface area contributed by atoms with Crippen LogP contribution >= 0.6 is 11.6 Å². The van der Waals surface area contributed by atoms with Crippen molar-refractivity contribution in [1.29, 1.82) is 0 Å². The van der Waals surface area contributed by atoms with Crippen LogP contribution in [0.1, 0.15) is 67.4 Å². The van der Waals surface area contributed by atoms with Gasteiger partial charge in [-0.3, -0.25) is 4.79 Å². The molecule has 0 spiro atoms. The molecule has 31 heavy (non-hydrogen) atoms. The van der Waals surface area contributed by atoms with Crippen LogP contribution in [-0.2, 0) is 4.74 Å². The molecular weight excluding hydrogens is 428 g/mol. The molecule has 0 bridgehead atoms. The molecule has 166 valence electrons. The molecule has 1 aromatic carbocycles. The number of esters is 1. The first-order valence-electron chi connectivity index (χ1n) is 9.98. The van der Waals surface area contributed by atoms with Gasteiger partial charge in [-0.05, 0) is 45.7 Å². The van der Waals surface area contributed by atoms with Crippen molar-refractivity contribution in [2.45, 2.75) is 64.0 Å². The van der Waals surface area contributed by atoms with E-state index in [1.807, 2.05) is 0 Å². The summed E-state index contributed by atoms with van der Waals surface area (Å²) in [6.07, 6.45) is 1.07. The summed E-state index contributed by atoms with van der Waals surface area (Å²) in [6.45, 7) is 5.09. The smallest absolute Gasteiger partial charge is 0.359 e. The summed E-state index contributed by atoms with van der Waals surface area (Å²) >= 11 is 5.92. The van der Waals surface area contributed by atoms with Crippen molar-refractivity contribution in [3.05, 3.63) is 46.9 Å². The fraction of sp³-hybridized carbons (Fsp3) is 0.455. The van der Waals surface area contributed by atoms with E-state index >= 15 is 0 Å². The Morgan fingerprint density at radius 3 is 2.32 bits per heavy atom. The number of alkyl halides is 2. The third kappa shape index (κ3) is 6.19. The van der Waals surface area contributed by atoms with E-state index in [4.69, 9.17) is 16.3 Å². The second-order valence-electron chi connectivity index (χ2n) is 8.56. The number of halogens is 3. The lowest BCUT2D eigenvalue weighted by Crippen LogP contribution is -2.41. The van der Waals surface area contributed by atoms with Crippen molar-refractivity contribution in [2.75, 3.05) is 0 Å². The van der Waals surface area contributed by atoms with Gasteiger partial charge in [0.1, 0.15) is 5.60 Å². The van der Waals surface area contributed by atoms with Crippen molar-refractivity contribution in [2.24, 2.45) is 0 Å². The van der Waals surface area contributed by atoms with E-state index < -0.39 is 29.4 Å². The molecule has 2 aromatic rings. The molecule has 1 saturated carbocycles. The van der Waals surface area contributed by atoms with Gasteiger partial charge in [-0.2, -0.15) is 0 Å². The van der Waals surface area contributed by atoms with E-state index in [1.165, 1.54) is 6.20 Å². The van der Waals surface area contributed by atoms with Gasteiger partial charge in [0.2, 0.25) is 5.92 Å². The number of nitrogens with one attached hydrogen (secondary N) is 1. The molecule has 1 fully saturated rings. The summed E-state index contributed by atoms with van der Waals surface area (Å²) in [7, 11) is 0. The summed E-state index contributed by atoms with van der Waals surface area (Å²) < 4.78 is 32.2. The van der Waals surface area contributed by atoms with Crippen molar-refractivity contribution in [1.82, 2.24) is 15.3 Å². The molecule has 1 amide bonds. The number of hydrogen-bond acceptors (Lipinski definition) is 5. The molecule has 6 nitrogen and oxygen atoms in total. The van der Waals surface area contributed by atoms with Crippen LogP contribution in [0.5, 0.6) is 0 Å². The second-order valence-corrected chi connectivity index (χ2v) is 9.00. The third-order valence-corrected chi connectivity index (χ3v) is 5.02. The third-order valence-electron chi connectivity index (χ3n) is 4.77. The molecule has 9 heteroatoms. The zero-order valence-electron chi connectivity index (χ0n) is 17.5. The number of carbonyl (C=O) groups is 2. The maximum absolute atomic E-state index is 13.4. The van der Waals surface area contributed by atoms with Crippen molar-refractivity contribution in [3.63, 3.8) is 0 Å². The Morgan fingerprint density at radius 1 is 1.13 bits per heavy atom. The Kier molecular flexibility index (Phi) is 6.59. The number of carbonyl (C=O) groups excluding carboxylic acids is 2. The van der Waals surface area contributed by atoms with E-state index in [1.54, 1.807) is 45.0 Å². The summed E-state index contributed by atoms with van der Waals surface area (Å²) in [4.78, 5) is 34.1. The van der Waals surface area contributed by atoms with Gasteiger partial charge in [0, 0.05) is 29.5 Å². The Bertz CT molecular complexity index is 965. The molecule has 1 aromatic heterocycles. The SMILES string of the molecule is CC(C)(C)OC(=O)c1ncc(-c2ccc(Cl)cc2)nc1C(=O)NC1CCC(F)(F)CC1. The van der Waals surface area contributed by atoms with Crippen molar-refractivity contribution in [3.8, 4) is 11.3 Å². The topological polar surface area (TPSA) is 81.2 Å². The summed E-state index contributed by atoms with van der Waals surface area (Å²) in [5.41, 5.74) is -0.218. The molecule has 1 aliphatic carbocycles. The van der Waals surface area contributed by atoms with Crippen LogP contribution in [0.15, 0.2) is 30.5 Å². The molecule has 0 radical (unpaired) electrons. The van der Waals surface area contributed by atoms with Gasteiger partial charge >= 0.3 is 5.97 Å². The average molecular weight is 452 g/mol. The molecule has 1 aliphatic rings. The predicted molar refractivity (Wildman–Crippen MR) is 112 cm³/mol. The van der Waals surface area contributed by atoms with Crippen molar-refractivity contribution >= 4 is 23.5 Å². The largest absolute Gasteiger partial charge is 0.455 e. The van der Waals surface area contributed by atoms with Gasteiger partial charge in [-0.15, -0.1) is 0 Å². The number of hydrogen-bond donors (Lipinski definition) is 1. The molecule has 0 unspecified atom stereocenters. The summed E-state index contributed by atoms with van der Waals surface area (Å²) in [5.74, 6) is -4.15. The predicted octanol–water partition coefficient (Wildman–Crippen LogP) is 5.06. The van der Waals surface area contributed by atoms with Crippen LogP contribution in [0.2, 0.25) is 5.02 Å². The average Bonchev–Trinajstić information content (AvgIpc) is 2.68. The normalized spacial score (nSPS) is 16.6. The lowest BCUT2D eigenvalue weighted by atomic mass is 9.92. The van der Waals surface area contributed by atoms with Gasteiger partial charge in [0.05, 0.1) is 11.9 Å². The first-order valence-corrected chi connectivity index (χ1v) is 10.4. The highest BCUT2D eigenvalue weighted by atomic mass is 35.5. The Balaban J connectivity index is 1.91. The van der Waals surface area contributed by atoms with Gasteiger partial charge in [-0.1, -0.05) is 23.7 Å². The molecule has 1 heterocycles. The fourth-order valence-electron chi connectivity index (χ4n) is 3.22. The highest BCUT2D eigenvalue weighted by Crippen LogP contribution is 2.33. The van der Waals surface area contributed by atoms with E-state index in [2.05, 4.69) is 15.3 Å².